The smallest absolute Gasteiger partial charge is 0.294 e. The van der Waals surface area contributed by atoms with Gasteiger partial charge in [-0.15, -0.1) is 5.10 Å². The molecule has 1 fully saturated rings. The number of hydrogen-bond donors (Lipinski definition) is 0. The molecule has 0 aliphatic carbocycles. The Morgan fingerprint density at radius 3 is 2.69 bits per heavy atom. The SMILES string of the molecule is COc1cc(OCC2CCCN(S(=O)(=O)c3ccc(C)cc3)C2)c2cc(-c3cn4nc(OC)sc4n3)oc2c1. The summed E-state index contributed by atoms with van der Waals surface area (Å²) in [6.45, 7) is 3.22. The predicted octanol–water partition coefficient (Wildman–Crippen LogP) is 5.01. The van der Waals surface area contributed by atoms with Gasteiger partial charge >= 0.3 is 0 Å². The molecule has 0 saturated carbocycles. The molecule has 204 valence electrons. The van der Waals surface area contributed by atoms with E-state index in [-0.39, 0.29) is 5.92 Å². The minimum absolute atomic E-state index is 0.0487. The molecule has 12 heteroatoms. The number of aromatic nitrogens is 3. The molecule has 0 N–H and O–H groups in total. The number of sulfonamides is 1. The Labute approximate surface area is 229 Å². The molecule has 1 aliphatic rings. The van der Waals surface area contributed by atoms with E-state index in [1.165, 1.54) is 11.3 Å². The number of aryl methyl sites for hydroxylation is 1. The summed E-state index contributed by atoms with van der Waals surface area (Å²) >= 11 is 1.34. The van der Waals surface area contributed by atoms with Gasteiger partial charge < -0.3 is 18.6 Å². The van der Waals surface area contributed by atoms with Crippen molar-refractivity contribution >= 4 is 37.3 Å². The van der Waals surface area contributed by atoms with Crippen molar-refractivity contribution in [2.75, 3.05) is 33.9 Å². The Morgan fingerprint density at radius 1 is 1.13 bits per heavy atom. The number of imidazole rings is 1. The van der Waals surface area contributed by atoms with Crippen LogP contribution in [0.2, 0.25) is 0 Å². The van der Waals surface area contributed by atoms with Gasteiger partial charge in [-0.1, -0.05) is 17.7 Å². The van der Waals surface area contributed by atoms with Crippen molar-refractivity contribution in [3.05, 3.63) is 54.2 Å². The van der Waals surface area contributed by atoms with Crippen LogP contribution in [0.1, 0.15) is 18.4 Å². The van der Waals surface area contributed by atoms with E-state index in [4.69, 9.17) is 18.6 Å². The van der Waals surface area contributed by atoms with Gasteiger partial charge in [0.25, 0.3) is 5.19 Å². The number of benzene rings is 2. The molecule has 3 aromatic heterocycles. The number of fused-ring (bicyclic) bond motifs is 2. The number of rotatable bonds is 8. The molecule has 1 unspecified atom stereocenters. The molecular weight excluding hydrogens is 540 g/mol. The normalized spacial score (nSPS) is 16.6. The molecule has 2 aromatic carbocycles. The van der Waals surface area contributed by atoms with Gasteiger partial charge in [0.1, 0.15) is 22.8 Å². The maximum Gasteiger partial charge on any atom is 0.294 e. The van der Waals surface area contributed by atoms with Crippen LogP contribution < -0.4 is 14.2 Å². The summed E-state index contributed by atoms with van der Waals surface area (Å²) in [7, 11) is -0.396. The quantitative estimate of drug-likeness (QED) is 0.257. The standard InChI is InChI=1S/C27H28N4O6S2/c1-17-6-8-20(9-7-17)39(32,33)30-10-4-5-18(14-30)16-36-23-11-19(34-2)12-24-21(23)13-25(37-24)22-15-31-26(28-22)38-27(29-31)35-3/h6-9,11-13,15,18H,4-5,10,14,16H2,1-3H3. The largest absolute Gasteiger partial charge is 0.496 e. The molecule has 1 atom stereocenters. The zero-order valence-electron chi connectivity index (χ0n) is 21.8. The van der Waals surface area contributed by atoms with E-state index in [0.717, 1.165) is 23.8 Å². The van der Waals surface area contributed by atoms with Crippen molar-refractivity contribution in [2.24, 2.45) is 5.92 Å². The Morgan fingerprint density at radius 2 is 1.95 bits per heavy atom. The first-order chi connectivity index (χ1) is 18.8. The lowest BCUT2D eigenvalue weighted by molar-refractivity contribution is 0.181. The lowest BCUT2D eigenvalue weighted by atomic mass is 10.0. The van der Waals surface area contributed by atoms with E-state index in [1.807, 2.05) is 37.3 Å². The van der Waals surface area contributed by atoms with Gasteiger partial charge in [0.05, 0.1) is 37.3 Å². The lowest BCUT2D eigenvalue weighted by Gasteiger charge is -2.32. The van der Waals surface area contributed by atoms with Gasteiger partial charge in [0.15, 0.2) is 5.76 Å². The van der Waals surface area contributed by atoms with Gasteiger partial charge in [-0.3, -0.25) is 0 Å². The molecule has 1 saturated heterocycles. The molecule has 0 amide bonds. The molecule has 0 radical (unpaired) electrons. The van der Waals surface area contributed by atoms with Crippen molar-refractivity contribution < 1.29 is 27.0 Å². The second kappa shape index (κ2) is 10.2. The number of ether oxygens (including phenoxy) is 3. The summed E-state index contributed by atoms with van der Waals surface area (Å²) in [4.78, 5) is 5.63. The molecule has 0 bridgehead atoms. The van der Waals surface area contributed by atoms with Crippen molar-refractivity contribution in [1.82, 2.24) is 18.9 Å². The van der Waals surface area contributed by atoms with Crippen LogP contribution >= 0.6 is 11.3 Å². The van der Waals surface area contributed by atoms with Gasteiger partial charge in [-0.05, 0) is 49.3 Å². The summed E-state index contributed by atoms with van der Waals surface area (Å²) < 4.78 is 52.8. The molecule has 10 nitrogen and oxygen atoms in total. The van der Waals surface area contributed by atoms with Crippen molar-refractivity contribution in [2.45, 2.75) is 24.7 Å². The maximum atomic E-state index is 13.2. The highest BCUT2D eigenvalue weighted by Gasteiger charge is 2.30. The first-order valence-corrected chi connectivity index (χ1v) is 14.8. The second-order valence-electron chi connectivity index (χ2n) is 9.57. The topological polar surface area (TPSA) is 108 Å². The van der Waals surface area contributed by atoms with Crippen LogP contribution in [0.3, 0.4) is 0 Å². The number of piperidine rings is 1. The first kappa shape index (κ1) is 25.7. The minimum atomic E-state index is -3.56. The Bertz CT molecular complexity index is 1710. The summed E-state index contributed by atoms with van der Waals surface area (Å²) in [5.74, 6) is 1.84. The van der Waals surface area contributed by atoms with E-state index in [9.17, 15) is 8.42 Å². The fraction of sp³-hybridized carbons (Fsp3) is 0.333. The van der Waals surface area contributed by atoms with Crippen LogP contribution in [0.25, 0.3) is 27.4 Å². The van der Waals surface area contributed by atoms with Crippen LogP contribution in [0.4, 0.5) is 0 Å². The number of furan rings is 1. The molecule has 1 aliphatic heterocycles. The third-order valence-electron chi connectivity index (χ3n) is 6.88. The van der Waals surface area contributed by atoms with Crippen LogP contribution in [-0.4, -0.2) is 61.2 Å². The predicted molar refractivity (Wildman–Crippen MR) is 147 cm³/mol. The van der Waals surface area contributed by atoms with Crippen LogP contribution in [0.15, 0.2) is 58.0 Å². The summed E-state index contributed by atoms with van der Waals surface area (Å²) in [6, 6.07) is 12.5. The van der Waals surface area contributed by atoms with E-state index in [0.29, 0.717) is 63.3 Å². The minimum Gasteiger partial charge on any atom is -0.496 e. The summed E-state index contributed by atoms with van der Waals surface area (Å²) in [6.07, 6.45) is 3.44. The van der Waals surface area contributed by atoms with E-state index < -0.39 is 10.0 Å². The highest BCUT2D eigenvalue weighted by Crippen LogP contribution is 2.38. The van der Waals surface area contributed by atoms with Gasteiger partial charge in [-0.25, -0.2) is 17.9 Å². The molecule has 5 aromatic rings. The van der Waals surface area contributed by atoms with Gasteiger partial charge in [0.2, 0.25) is 15.0 Å². The highest BCUT2D eigenvalue weighted by molar-refractivity contribution is 7.89. The van der Waals surface area contributed by atoms with Crippen LogP contribution in [-0.2, 0) is 10.0 Å². The average Bonchev–Trinajstić information content (AvgIpc) is 3.65. The Hall–Kier alpha value is -3.61. The Balaban J connectivity index is 1.22. The zero-order valence-corrected chi connectivity index (χ0v) is 23.4. The summed E-state index contributed by atoms with van der Waals surface area (Å²) in [5.41, 5.74) is 2.27. The van der Waals surface area contributed by atoms with Crippen molar-refractivity contribution in [3.63, 3.8) is 0 Å². The highest BCUT2D eigenvalue weighted by atomic mass is 32.2. The number of nitrogens with zero attached hydrogens (tertiary/aromatic N) is 4. The fourth-order valence-corrected chi connectivity index (χ4v) is 7.03. The third kappa shape index (κ3) is 4.95. The van der Waals surface area contributed by atoms with Crippen molar-refractivity contribution in [1.29, 1.82) is 0 Å². The molecule has 0 spiro atoms. The third-order valence-corrected chi connectivity index (χ3v) is 9.64. The first-order valence-electron chi connectivity index (χ1n) is 12.6. The number of methoxy groups -OCH3 is 2. The molecule has 4 heterocycles. The molecule has 6 rings (SSSR count). The lowest BCUT2D eigenvalue weighted by Crippen LogP contribution is -2.41. The van der Waals surface area contributed by atoms with E-state index >= 15 is 0 Å². The average molecular weight is 569 g/mol. The Kier molecular flexibility index (Phi) is 6.69. The maximum absolute atomic E-state index is 13.2. The van der Waals surface area contributed by atoms with Crippen molar-refractivity contribution in [3.8, 4) is 28.1 Å². The molecular formula is C27H28N4O6S2. The van der Waals surface area contributed by atoms with Gasteiger partial charge in [-0.2, -0.15) is 4.31 Å². The van der Waals surface area contributed by atoms with E-state index in [1.54, 1.807) is 41.4 Å². The summed E-state index contributed by atoms with van der Waals surface area (Å²) in [5, 5.41) is 5.64. The second-order valence-corrected chi connectivity index (χ2v) is 12.4. The van der Waals surface area contributed by atoms with Crippen LogP contribution in [0.5, 0.6) is 16.7 Å². The monoisotopic (exact) mass is 568 g/mol. The zero-order chi connectivity index (χ0) is 27.1. The number of hydrogen-bond acceptors (Lipinski definition) is 9. The molecule has 39 heavy (non-hydrogen) atoms. The van der Waals surface area contributed by atoms with E-state index in [2.05, 4.69) is 10.1 Å². The fourth-order valence-electron chi connectivity index (χ4n) is 4.78. The van der Waals surface area contributed by atoms with Crippen LogP contribution in [0, 0.1) is 12.8 Å². The van der Waals surface area contributed by atoms with Gasteiger partial charge in [0, 0.05) is 31.1 Å².